The molecule has 2 heterocycles. The van der Waals surface area contributed by atoms with Crippen LogP contribution >= 0.6 is 11.3 Å². The van der Waals surface area contributed by atoms with Crippen molar-refractivity contribution in [2.45, 2.75) is 12.6 Å². The molecule has 0 aliphatic carbocycles. The summed E-state index contributed by atoms with van der Waals surface area (Å²) < 4.78 is 0. The Morgan fingerprint density at radius 1 is 1.03 bits per heavy atom. The van der Waals surface area contributed by atoms with E-state index in [4.69, 9.17) is 0 Å². The van der Waals surface area contributed by atoms with Gasteiger partial charge in [0.2, 0.25) is 0 Å². The van der Waals surface area contributed by atoms with Gasteiger partial charge in [0.1, 0.15) is 0 Å². The van der Waals surface area contributed by atoms with Crippen LogP contribution in [0.5, 0.6) is 0 Å². The number of anilines is 1. The summed E-state index contributed by atoms with van der Waals surface area (Å²) in [7, 11) is 6.15. The van der Waals surface area contributed by atoms with Gasteiger partial charge in [-0.25, -0.2) is 0 Å². The summed E-state index contributed by atoms with van der Waals surface area (Å²) in [6, 6.07) is 12.3. The fourth-order valence-electron chi connectivity index (χ4n) is 3.52. The molecule has 30 heavy (non-hydrogen) atoms. The van der Waals surface area contributed by atoms with Crippen LogP contribution in [0, 0.1) is 0 Å². The van der Waals surface area contributed by atoms with Gasteiger partial charge in [0.05, 0.1) is 12.6 Å². The molecule has 3 rings (SSSR count). The maximum absolute atomic E-state index is 12.4. The lowest BCUT2D eigenvalue weighted by Crippen LogP contribution is -2.49. The van der Waals surface area contributed by atoms with Crippen LogP contribution in [0.4, 0.5) is 5.69 Å². The first-order chi connectivity index (χ1) is 14.4. The van der Waals surface area contributed by atoms with Crippen molar-refractivity contribution < 1.29 is 9.59 Å². The Labute approximate surface area is 182 Å². The van der Waals surface area contributed by atoms with E-state index < -0.39 is 11.8 Å². The van der Waals surface area contributed by atoms with Crippen LogP contribution in [0.25, 0.3) is 0 Å². The number of rotatable bonds is 7. The summed E-state index contributed by atoms with van der Waals surface area (Å²) in [4.78, 5) is 32.3. The van der Waals surface area contributed by atoms with Gasteiger partial charge in [-0.1, -0.05) is 18.2 Å². The average Bonchev–Trinajstić information content (AvgIpc) is 3.27. The van der Waals surface area contributed by atoms with E-state index in [-0.39, 0.29) is 6.04 Å². The van der Waals surface area contributed by atoms with Crippen molar-refractivity contribution in [2.24, 2.45) is 0 Å². The molecule has 8 heteroatoms. The van der Waals surface area contributed by atoms with Crippen LogP contribution < -0.4 is 15.5 Å². The molecule has 0 bridgehead atoms. The third-order valence-electron chi connectivity index (χ3n) is 5.44. The molecule has 0 radical (unpaired) electrons. The molecule has 2 aromatic rings. The maximum Gasteiger partial charge on any atom is 0.309 e. The summed E-state index contributed by atoms with van der Waals surface area (Å²) in [5.41, 5.74) is 2.28. The van der Waals surface area contributed by atoms with Crippen molar-refractivity contribution in [3.05, 3.63) is 52.2 Å². The minimum Gasteiger partial charge on any atom is -0.378 e. The number of likely N-dealkylation sites (N-methyl/N-ethyl adjacent to an activating group) is 1. The topological polar surface area (TPSA) is 67.9 Å². The van der Waals surface area contributed by atoms with Crippen molar-refractivity contribution in [3.8, 4) is 0 Å². The van der Waals surface area contributed by atoms with Crippen LogP contribution in [-0.4, -0.2) is 75.5 Å². The van der Waals surface area contributed by atoms with Gasteiger partial charge >= 0.3 is 11.8 Å². The van der Waals surface area contributed by atoms with Gasteiger partial charge in [0.25, 0.3) is 0 Å². The summed E-state index contributed by atoms with van der Waals surface area (Å²) in [6.45, 7) is 4.60. The zero-order valence-electron chi connectivity index (χ0n) is 17.9. The van der Waals surface area contributed by atoms with Crippen LogP contribution in [-0.2, 0) is 16.1 Å². The minimum absolute atomic E-state index is 0.0314. The molecule has 2 N–H and O–H groups in total. The predicted molar refractivity (Wildman–Crippen MR) is 122 cm³/mol. The fraction of sp³-hybridized carbons (Fsp3) is 0.455. The van der Waals surface area contributed by atoms with Gasteiger partial charge in [0.15, 0.2) is 0 Å². The first-order valence-electron chi connectivity index (χ1n) is 10.2. The van der Waals surface area contributed by atoms with E-state index in [2.05, 4.69) is 56.6 Å². The standard InChI is InChI=1S/C22H31N5O2S/c1-25(2)18-8-6-17(7-9-18)20(27-12-10-26(3)11-13-27)16-24-22(29)21(28)23-15-19-5-4-14-30-19/h4-9,14,20H,10-13,15-16H2,1-3H3,(H,23,28)(H,24,29)/t20-/m1/s1. The Morgan fingerprint density at radius 2 is 1.70 bits per heavy atom. The van der Waals surface area contributed by atoms with Crippen molar-refractivity contribution >= 4 is 28.8 Å². The number of nitrogens with zero attached hydrogens (tertiary/aromatic N) is 3. The Bertz CT molecular complexity index is 815. The summed E-state index contributed by atoms with van der Waals surface area (Å²) in [5.74, 6) is -1.18. The number of benzene rings is 1. The molecule has 162 valence electrons. The Balaban J connectivity index is 1.62. The van der Waals surface area contributed by atoms with Gasteiger partial charge in [-0.2, -0.15) is 0 Å². The largest absolute Gasteiger partial charge is 0.378 e. The highest BCUT2D eigenvalue weighted by Crippen LogP contribution is 2.24. The number of carbonyl (C=O) groups is 2. The average molecular weight is 430 g/mol. The molecule has 2 amide bonds. The van der Waals surface area contributed by atoms with Crippen molar-refractivity contribution in [1.29, 1.82) is 0 Å². The minimum atomic E-state index is -0.594. The van der Waals surface area contributed by atoms with Gasteiger partial charge < -0.3 is 20.4 Å². The monoisotopic (exact) mass is 429 g/mol. The number of piperazine rings is 1. The molecular weight excluding hydrogens is 398 g/mol. The molecule has 1 aromatic carbocycles. The second-order valence-electron chi connectivity index (χ2n) is 7.81. The molecule has 0 saturated carbocycles. The van der Waals surface area contributed by atoms with Crippen LogP contribution in [0.15, 0.2) is 41.8 Å². The number of hydrogen-bond donors (Lipinski definition) is 2. The van der Waals surface area contributed by atoms with Crippen LogP contribution in [0.1, 0.15) is 16.5 Å². The molecule has 7 nitrogen and oxygen atoms in total. The van der Waals surface area contributed by atoms with Gasteiger partial charge in [-0.3, -0.25) is 14.5 Å². The summed E-state index contributed by atoms with van der Waals surface area (Å²) >= 11 is 1.55. The van der Waals surface area contributed by atoms with E-state index in [1.807, 2.05) is 31.6 Å². The van der Waals surface area contributed by atoms with E-state index >= 15 is 0 Å². The van der Waals surface area contributed by atoms with Crippen molar-refractivity contribution in [3.63, 3.8) is 0 Å². The molecular formula is C22H31N5O2S. The zero-order chi connectivity index (χ0) is 21.5. The normalized spacial score (nSPS) is 16.1. The number of carbonyl (C=O) groups excluding carboxylic acids is 2. The maximum atomic E-state index is 12.4. The van der Waals surface area contributed by atoms with Crippen molar-refractivity contribution in [1.82, 2.24) is 20.4 Å². The number of amides is 2. The molecule has 0 spiro atoms. The highest BCUT2D eigenvalue weighted by molar-refractivity contribution is 7.09. The number of nitrogens with one attached hydrogen (secondary N) is 2. The smallest absolute Gasteiger partial charge is 0.309 e. The van der Waals surface area contributed by atoms with E-state index in [9.17, 15) is 9.59 Å². The molecule has 1 atom stereocenters. The highest BCUT2D eigenvalue weighted by atomic mass is 32.1. The van der Waals surface area contributed by atoms with E-state index in [1.54, 1.807) is 11.3 Å². The quantitative estimate of drug-likeness (QED) is 0.654. The van der Waals surface area contributed by atoms with Gasteiger partial charge in [-0.15, -0.1) is 11.3 Å². The third-order valence-corrected chi connectivity index (χ3v) is 6.31. The predicted octanol–water partition coefficient (Wildman–Crippen LogP) is 1.54. The first kappa shape index (κ1) is 22.3. The highest BCUT2D eigenvalue weighted by Gasteiger charge is 2.25. The number of hydrogen-bond acceptors (Lipinski definition) is 6. The first-order valence-corrected chi connectivity index (χ1v) is 11.1. The summed E-state index contributed by atoms with van der Waals surface area (Å²) in [6.07, 6.45) is 0. The SMILES string of the molecule is CN1CCN([C@H](CNC(=O)C(=O)NCc2cccs2)c2ccc(N(C)C)cc2)CC1. The lowest BCUT2D eigenvalue weighted by Gasteiger charge is -2.38. The molecule has 0 unspecified atom stereocenters. The van der Waals surface area contributed by atoms with E-state index in [1.165, 1.54) is 0 Å². The lowest BCUT2D eigenvalue weighted by molar-refractivity contribution is -0.139. The molecule has 1 aliphatic heterocycles. The third kappa shape index (κ3) is 6.04. The molecule has 1 aromatic heterocycles. The summed E-state index contributed by atoms with van der Waals surface area (Å²) in [5, 5.41) is 7.48. The van der Waals surface area contributed by atoms with Crippen LogP contribution in [0.2, 0.25) is 0 Å². The number of thiophene rings is 1. The fourth-order valence-corrected chi connectivity index (χ4v) is 4.16. The second kappa shape index (κ2) is 10.6. The Morgan fingerprint density at radius 3 is 2.30 bits per heavy atom. The lowest BCUT2D eigenvalue weighted by atomic mass is 10.0. The Hall–Kier alpha value is -2.42. The van der Waals surface area contributed by atoms with Gasteiger partial charge in [-0.05, 0) is 36.2 Å². The van der Waals surface area contributed by atoms with E-state index in [0.29, 0.717) is 13.1 Å². The molecule has 1 aliphatic rings. The van der Waals surface area contributed by atoms with E-state index in [0.717, 1.165) is 42.3 Å². The molecule has 1 saturated heterocycles. The van der Waals surface area contributed by atoms with Crippen LogP contribution in [0.3, 0.4) is 0 Å². The second-order valence-corrected chi connectivity index (χ2v) is 8.85. The molecule has 1 fully saturated rings. The Kier molecular flexibility index (Phi) is 7.84. The zero-order valence-corrected chi connectivity index (χ0v) is 18.7. The van der Waals surface area contributed by atoms with Gasteiger partial charge in [0, 0.05) is 57.4 Å². The van der Waals surface area contributed by atoms with Crippen molar-refractivity contribution in [2.75, 3.05) is 58.8 Å².